The van der Waals surface area contributed by atoms with Crippen LogP contribution in [0.4, 0.5) is 0 Å². The number of rotatable bonds is 2. The highest BCUT2D eigenvalue weighted by atomic mass is 32.2. The zero-order chi connectivity index (χ0) is 17.0. The molecule has 0 saturated carbocycles. The molecule has 3 N–H and O–H groups in total. The van der Waals surface area contributed by atoms with Crippen molar-refractivity contribution in [3.05, 3.63) is 53.0 Å². The van der Waals surface area contributed by atoms with Gasteiger partial charge < -0.3 is 11.1 Å². The highest BCUT2D eigenvalue weighted by Gasteiger charge is 2.17. The summed E-state index contributed by atoms with van der Waals surface area (Å²) >= 11 is 1.57. The van der Waals surface area contributed by atoms with E-state index >= 15 is 0 Å². The van der Waals surface area contributed by atoms with E-state index < -0.39 is 0 Å². The van der Waals surface area contributed by atoms with Gasteiger partial charge in [-0.15, -0.1) is 0 Å². The summed E-state index contributed by atoms with van der Waals surface area (Å²) in [6, 6.07) is 6.25. The van der Waals surface area contributed by atoms with Crippen molar-refractivity contribution in [1.29, 1.82) is 0 Å². The number of thioether (sulfide) groups is 1. The van der Waals surface area contributed by atoms with Gasteiger partial charge in [0.25, 0.3) is 0 Å². The van der Waals surface area contributed by atoms with Gasteiger partial charge in [0.05, 0.1) is 10.6 Å². The maximum absolute atomic E-state index is 5.83. The second kappa shape index (κ2) is 7.62. The molecule has 0 fully saturated rings. The maximum Gasteiger partial charge on any atom is 0.160 e. The Morgan fingerprint density at radius 3 is 2.35 bits per heavy atom. The van der Waals surface area contributed by atoms with E-state index in [9.17, 15) is 0 Å². The van der Waals surface area contributed by atoms with Crippen LogP contribution in [0.1, 0.15) is 36.2 Å². The van der Waals surface area contributed by atoms with E-state index in [1.165, 1.54) is 16.7 Å². The molecule has 5 heteroatoms. The predicted molar refractivity (Wildman–Crippen MR) is 99.7 cm³/mol. The molecule has 0 saturated heterocycles. The van der Waals surface area contributed by atoms with Crippen molar-refractivity contribution >= 4 is 16.7 Å². The zero-order valence-corrected chi connectivity index (χ0v) is 15.2. The van der Waals surface area contributed by atoms with Gasteiger partial charge in [0.1, 0.15) is 5.50 Å². The van der Waals surface area contributed by atoms with Gasteiger partial charge in [0.2, 0.25) is 0 Å². The summed E-state index contributed by atoms with van der Waals surface area (Å²) in [5.74, 6) is 0.768. The predicted octanol–water partition coefficient (Wildman–Crippen LogP) is 3.97. The van der Waals surface area contributed by atoms with E-state index in [0.29, 0.717) is 0 Å². The Hall–Kier alpha value is -1.85. The van der Waals surface area contributed by atoms with Gasteiger partial charge in [-0.1, -0.05) is 43.3 Å². The van der Waals surface area contributed by atoms with Gasteiger partial charge in [0, 0.05) is 18.0 Å². The Balaban J connectivity index is 0.000000924. The molecule has 0 spiro atoms. The van der Waals surface area contributed by atoms with Gasteiger partial charge in [-0.2, -0.15) is 0 Å². The molecule has 1 aliphatic rings. The summed E-state index contributed by atoms with van der Waals surface area (Å²) in [5.41, 5.74) is 11.4. The lowest BCUT2D eigenvalue weighted by molar-refractivity contribution is 0.837. The second-order valence-corrected chi connectivity index (χ2v) is 6.44. The summed E-state index contributed by atoms with van der Waals surface area (Å²) in [7, 11) is 0. The molecule has 0 radical (unpaired) electrons. The number of aryl methyl sites for hydroxylation is 3. The molecule has 1 aromatic heterocycles. The van der Waals surface area contributed by atoms with Gasteiger partial charge in [-0.25, -0.2) is 9.97 Å². The van der Waals surface area contributed by atoms with Crippen LogP contribution in [0, 0.1) is 20.8 Å². The van der Waals surface area contributed by atoms with Crippen molar-refractivity contribution in [2.75, 3.05) is 0 Å². The molecule has 0 bridgehead atoms. The Labute approximate surface area is 142 Å². The molecular weight excluding hydrogens is 304 g/mol. The molecule has 0 aliphatic carbocycles. The Kier molecular flexibility index (Phi) is 5.80. The summed E-state index contributed by atoms with van der Waals surface area (Å²) in [4.78, 5) is 10.2. The lowest BCUT2D eigenvalue weighted by Gasteiger charge is -2.11. The first-order valence-electron chi connectivity index (χ1n) is 7.84. The molecule has 3 rings (SSSR count). The third-order valence-electron chi connectivity index (χ3n) is 3.44. The average molecular weight is 328 g/mol. The van der Waals surface area contributed by atoms with Crippen molar-refractivity contribution in [2.45, 2.75) is 40.1 Å². The Bertz CT molecular complexity index is 702. The van der Waals surface area contributed by atoms with Crippen molar-refractivity contribution < 1.29 is 0 Å². The van der Waals surface area contributed by atoms with E-state index in [4.69, 9.17) is 10.7 Å². The van der Waals surface area contributed by atoms with E-state index in [0.717, 1.165) is 22.0 Å². The fourth-order valence-electron chi connectivity index (χ4n) is 2.65. The molecular formula is C18H24N4S. The standard InChI is InChI=1S/C16H18N4S.C2H6/c1-9-6-10(2)14(11(3)7-9)15-18-5-4-12(20-15)13-8-19-16(17)21-13;1-2/h4-8,16,19H,17H2,1-3H3;1-2H3. The minimum atomic E-state index is -0.0961. The molecule has 1 atom stereocenters. The molecule has 2 heterocycles. The van der Waals surface area contributed by atoms with E-state index in [1.807, 2.05) is 32.3 Å². The summed E-state index contributed by atoms with van der Waals surface area (Å²) in [6.07, 6.45) is 3.72. The van der Waals surface area contributed by atoms with Crippen LogP contribution in [0.15, 0.2) is 30.6 Å². The van der Waals surface area contributed by atoms with E-state index in [1.54, 1.807) is 11.8 Å². The van der Waals surface area contributed by atoms with Crippen LogP contribution in [0.2, 0.25) is 0 Å². The zero-order valence-electron chi connectivity index (χ0n) is 14.3. The van der Waals surface area contributed by atoms with Crippen LogP contribution in [-0.2, 0) is 0 Å². The monoisotopic (exact) mass is 328 g/mol. The van der Waals surface area contributed by atoms with E-state index in [-0.39, 0.29) is 5.50 Å². The smallest absolute Gasteiger partial charge is 0.160 e. The molecule has 122 valence electrons. The number of benzene rings is 1. The van der Waals surface area contributed by atoms with Crippen LogP contribution in [0.25, 0.3) is 16.3 Å². The van der Waals surface area contributed by atoms with Crippen molar-refractivity contribution in [3.63, 3.8) is 0 Å². The van der Waals surface area contributed by atoms with Crippen molar-refractivity contribution in [2.24, 2.45) is 5.73 Å². The molecule has 1 unspecified atom stereocenters. The minimum Gasteiger partial charge on any atom is -0.366 e. The SMILES string of the molecule is CC.Cc1cc(C)c(-c2nccc(C3=CNC(N)S3)n2)c(C)c1. The molecule has 0 amide bonds. The lowest BCUT2D eigenvalue weighted by atomic mass is 9.99. The number of nitrogens with two attached hydrogens (primary N) is 1. The normalized spacial score (nSPS) is 16.3. The maximum atomic E-state index is 5.83. The molecule has 1 aromatic carbocycles. The lowest BCUT2D eigenvalue weighted by Crippen LogP contribution is -2.25. The van der Waals surface area contributed by atoms with Crippen LogP contribution in [0.5, 0.6) is 0 Å². The number of nitrogens with zero attached hydrogens (tertiary/aromatic N) is 2. The molecule has 23 heavy (non-hydrogen) atoms. The number of hydrogen-bond donors (Lipinski definition) is 2. The summed E-state index contributed by atoms with van der Waals surface area (Å²) < 4.78 is 0. The number of nitrogens with one attached hydrogen (secondary N) is 1. The number of hydrogen-bond acceptors (Lipinski definition) is 5. The quantitative estimate of drug-likeness (QED) is 0.873. The van der Waals surface area contributed by atoms with Crippen molar-refractivity contribution in [3.8, 4) is 11.4 Å². The fourth-order valence-corrected chi connectivity index (χ4v) is 3.43. The highest BCUT2D eigenvalue weighted by molar-refractivity contribution is 8.09. The largest absolute Gasteiger partial charge is 0.366 e. The van der Waals surface area contributed by atoms with Gasteiger partial charge in [-0.3, -0.25) is 0 Å². The van der Waals surface area contributed by atoms with Gasteiger partial charge >= 0.3 is 0 Å². The first-order chi connectivity index (χ1) is 11.0. The fraction of sp³-hybridized carbons (Fsp3) is 0.333. The van der Waals surface area contributed by atoms with Gasteiger partial charge in [-0.05, 0) is 38.0 Å². The van der Waals surface area contributed by atoms with Crippen LogP contribution in [-0.4, -0.2) is 15.5 Å². The topological polar surface area (TPSA) is 63.8 Å². The van der Waals surface area contributed by atoms with Gasteiger partial charge in [0.15, 0.2) is 5.82 Å². The third kappa shape index (κ3) is 3.92. The summed E-state index contributed by atoms with van der Waals surface area (Å²) in [6.45, 7) is 10.3. The van der Waals surface area contributed by atoms with Crippen LogP contribution >= 0.6 is 11.8 Å². The van der Waals surface area contributed by atoms with Crippen LogP contribution < -0.4 is 11.1 Å². The molecule has 2 aromatic rings. The molecule has 4 nitrogen and oxygen atoms in total. The Morgan fingerprint density at radius 2 is 1.78 bits per heavy atom. The first kappa shape index (κ1) is 17.5. The first-order valence-corrected chi connectivity index (χ1v) is 8.72. The van der Waals surface area contributed by atoms with Crippen molar-refractivity contribution in [1.82, 2.24) is 15.3 Å². The minimum absolute atomic E-state index is 0.0961. The third-order valence-corrected chi connectivity index (χ3v) is 4.41. The Morgan fingerprint density at radius 1 is 1.13 bits per heavy atom. The average Bonchev–Trinajstić information content (AvgIpc) is 2.95. The summed E-state index contributed by atoms with van der Waals surface area (Å²) in [5, 5.41) is 3.08. The molecule has 1 aliphatic heterocycles. The number of aromatic nitrogens is 2. The second-order valence-electron chi connectivity index (χ2n) is 5.25. The van der Waals surface area contributed by atoms with E-state index in [2.05, 4.69) is 43.2 Å². The van der Waals surface area contributed by atoms with Crippen LogP contribution in [0.3, 0.4) is 0 Å². The highest BCUT2D eigenvalue weighted by Crippen LogP contribution is 2.32.